The van der Waals surface area contributed by atoms with Crippen LogP contribution in [0.1, 0.15) is 16.7 Å². The number of para-hydroxylation sites is 1. The third-order valence-electron chi connectivity index (χ3n) is 4.02. The minimum atomic E-state index is -1.00. The van der Waals surface area contributed by atoms with Gasteiger partial charge in [0.25, 0.3) is 0 Å². The topological polar surface area (TPSA) is 53.1 Å². The number of hydrogen-bond acceptors (Lipinski definition) is 1. The lowest BCUT2D eigenvalue weighted by atomic mass is 9.96. The number of benzene rings is 2. The van der Waals surface area contributed by atoms with Crippen molar-refractivity contribution in [1.82, 2.24) is 4.98 Å². The maximum Gasteiger partial charge on any atom is 0.335 e. The Morgan fingerprint density at radius 2 is 1.73 bits per heavy atom. The Labute approximate surface area is 128 Å². The summed E-state index contributed by atoms with van der Waals surface area (Å²) in [7, 11) is 0. The number of hydrogen-bond donors (Lipinski definition) is 2. The van der Waals surface area contributed by atoms with Gasteiger partial charge in [-0.05, 0) is 25.0 Å². The number of carboxylic acids is 1. The zero-order valence-electron chi connectivity index (χ0n) is 12.6. The first-order valence-electron chi connectivity index (χ1n) is 7.10. The van der Waals surface area contributed by atoms with Crippen molar-refractivity contribution < 1.29 is 9.90 Å². The van der Waals surface area contributed by atoms with Gasteiger partial charge in [0, 0.05) is 22.0 Å². The fourth-order valence-corrected chi connectivity index (χ4v) is 2.84. The van der Waals surface area contributed by atoms with Crippen molar-refractivity contribution in [2.75, 3.05) is 0 Å². The number of nitrogens with one attached hydrogen (secondary N) is 1. The third-order valence-corrected chi connectivity index (χ3v) is 4.02. The van der Waals surface area contributed by atoms with Crippen molar-refractivity contribution in [3.05, 3.63) is 65.7 Å². The molecule has 0 unspecified atom stereocenters. The van der Waals surface area contributed by atoms with Gasteiger partial charge < -0.3 is 10.1 Å². The molecule has 22 heavy (non-hydrogen) atoms. The van der Waals surface area contributed by atoms with Crippen molar-refractivity contribution in [2.24, 2.45) is 0 Å². The minimum Gasteiger partial charge on any atom is -0.478 e. The summed E-state index contributed by atoms with van der Waals surface area (Å²) in [5, 5.41) is 10.3. The first-order valence-corrected chi connectivity index (χ1v) is 7.10. The number of aromatic amines is 1. The summed E-state index contributed by atoms with van der Waals surface area (Å²) in [5.74, 6) is -1.00. The fourth-order valence-electron chi connectivity index (χ4n) is 2.84. The zero-order chi connectivity index (χ0) is 15.9. The Balaban J connectivity index is 2.42. The molecule has 0 saturated carbocycles. The lowest BCUT2D eigenvalue weighted by molar-refractivity contribution is -0.130. The Morgan fingerprint density at radius 1 is 1.05 bits per heavy atom. The van der Waals surface area contributed by atoms with Crippen LogP contribution in [0.15, 0.2) is 49.0 Å². The van der Waals surface area contributed by atoms with E-state index in [1.165, 1.54) is 0 Å². The Kier molecular flexibility index (Phi) is 3.33. The summed E-state index contributed by atoms with van der Waals surface area (Å²) in [6.07, 6.45) is 0. The van der Waals surface area contributed by atoms with Crippen molar-refractivity contribution in [2.45, 2.75) is 13.8 Å². The van der Waals surface area contributed by atoms with Crippen molar-refractivity contribution >= 4 is 22.4 Å². The highest BCUT2D eigenvalue weighted by atomic mass is 16.4. The van der Waals surface area contributed by atoms with Crippen molar-refractivity contribution in [3.8, 4) is 11.3 Å². The second-order valence-corrected chi connectivity index (χ2v) is 5.47. The van der Waals surface area contributed by atoms with Gasteiger partial charge in [-0.2, -0.15) is 0 Å². The Bertz CT molecular complexity index is 903. The second kappa shape index (κ2) is 5.19. The number of rotatable bonds is 3. The lowest BCUT2D eigenvalue weighted by Gasteiger charge is -2.07. The number of carboxylic acid groups (broad SMARTS) is 1. The van der Waals surface area contributed by atoms with Gasteiger partial charge in [0.15, 0.2) is 0 Å². The molecule has 0 aliphatic carbocycles. The van der Waals surface area contributed by atoms with E-state index in [1.807, 2.05) is 56.3 Å². The maximum absolute atomic E-state index is 11.5. The van der Waals surface area contributed by atoms with Gasteiger partial charge in [0.1, 0.15) is 0 Å². The van der Waals surface area contributed by atoms with Crippen LogP contribution in [0.2, 0.25) is 0 Å². The average Bonchev–Trinajstić information content (AvgIpc) is 2.87. The molecule has 110 valence electrons. The Morgan fingerprint density at radius 3 is 2.41 bits per heavy atom. The molecule has 0 spiro atoms. The molecule has 3 heteroatoms. The molecule has 0 fully saturated rings. The van der Waals surface area contributed by atoms with Crippen LogP contribution >= 0.6 is 0 Å². The zero-order valence-corrected chi connectivity index (χ0v) is 12.6. The predicted molar refractivity (Wildman–Crippen MR) is 89.9 cm³/mol. The third kappa shape index (κ3) is 2.11. The van der Waals surface area contributed by atoms with E-state index in [0.717, 1.165) is 33.3 Å². The molecule has 0 radical (unpaired) electrons. The molecule has 0 bridgehead atoms. The molecule has 0 aliphatic rings. The number of carbonyl (C=O) groups is 1. The van der Waals surface area contributed by atoms with Crippen LogP contribution in [-0.2, 0) is 4.79 Å². The first-order chi connectivity index (χ1) is 10.5. The van der Waals surface area contributed by atoms with E-state index in [1.54, 1.807) is 0 Å². The molecular formula is C19H17NO2. The fraction of sp³-hybridized carbons (Fsp3) is 0.105. The van der Waals surface area contributed by atoms with Gasteiger partial charge in [-0.25, -0.2) is 4.79 Å². The van der Waals surface area contributed by atoms with Gasteiger partial charge in [0.2, 0.25) is 0 Å². The monoisotopic (exact) mass is 291 g/mol. The summed E-state index contributed by atoms with van der Waals surface area (Å²) in [6, 6.07) is 13.8. The average molecular weight is 291 g/mol. The molecule has 2 aromatic carbocycles. The minimum absolute atomic E-state index is 0.107. The predicted octanol–water partition coefficient (Wildman–Crippen LogP) is 4.55. The maximum atomic E-state index is 11.5. The standard InChI is InChI=1S/C19H17NO2/c1-11-7-4-5-9-14(11)18-16(13(3)19(21)22)15-10-6-8-12(2)17(15)20-18/h4-10,20H,3H2,1-2H3,(H,21,22). The van der Waals surface area contributed by atoms with E-state index in [4.69, 9.17) is 0 Å². The summed E-state index contributed by atoms with van der Waals surface area (Å²) in [6.45, 7) is 7.80. The Hall–Kier alpha value is -2.81. The molecule has 0 aliphatic heterocycles. The molecule has 2 N–H and O–H groups in total. The smallest absolute Gasteiger partial charge is 0.335 e. The van der Waals surface area contributed by atoms with Crippen LogP contribution in [0.5, 0.6) is 0 Å². The van der Waals surface area contributed by atoms with E-state index in [2.05, 4.69) is 11.6 Å². The van der Waals surface area contributed by atoms with Crippen LogP contribution < -0.4 is 0 Å². The van der Waals surface area contributed by atoms with Gasteiger partial charge in [-0.1, -0.05) is 49.0 Å². The normalized spacial score (nSPS) is 10.8. The first kappa shape index (κ1) is 14.1. The summed E-state index contributed by atoms with van der Waals surface area (Å²) < 4.78 is 0. The van der Waals surface area contributed by atoms with Crippen LogP contribution in [0.3, 0.4) is 0 Å². The van der Waals surface area contributed by atoms with Crippen LogP contribution in [-0.4, -0.2) is 16.1 Å². The van der Waals surface area contributed by atoms with Crippen LogP contribution in [0.25, 0.3) is 27.7 Å². The highest BCUT2D eigenvalue weighted by Gasteiger charge is 2.20. The van der Waals surface area contributed by atoms with E-state index >= 15 is 0 Å². The second-order valence-electron chi connectivity index (χ2n) is 5.47. The number of aromatic nitrogens is 1. The number of fused-ring (bicyclic) bond motifs is 1. The highest BCUT2D eigenvalue weighted by molar-refractivity contribution is 6.21. The highest BCUT2D eigenvalue weighted by Crippen LogP contribution is 2.37. The number of aliphatic carboxylic acids is 1. The van der Waals surface area contributed by atoms with Crippen LogP contribution in [0, 0.1) is 13.8 Å². The quantitative estimate of drug-likeness (QED) is 0.695. The van der Waals surface area contributed by atoms with Gasteiger partial charge in [0.05, 0.1) is 11.3 Å². The number of H-pyrrole nitrogens is 1. The van der Waals surface area contributed by atoms with Crippen LogP contribution in [0.4, 0.5) is 0 Å². The molecule has 1 aromatic heterocycles. The largest absolute Gasteiger partial charge is 0.478 e. The molecule has 0 amide bonds. The van der Waals surface area contributed by atoms with E-state index in [9.17, 15) is 9.90 Å². The van der Waals surface area contributed by atoms with E-state index in [0.29, 0.717) is 5.56 Å². The lowest BCUT2D eigenvalue weighted by Crippen LogP contribution is -1.99. The molecule has 0 atom stereocenters. The molecular weight excluding hydrogens is 274 g/mol. The number of aryl methyl sites for hydroxylation is 2. The SMILES string of the molecule is C=C(C(=O)O)c1c(-c2ccccc2C)[nH]c2c(C)cccc12. The van der Waals surface area contributed by atoms with E-state index in [-0.39, 0.29) is 5.57 Å². The van der Waals surface area contributed by atoms with E-state index < -0.39 is 5.97 Å². The van der Waals surface area contributed by atoms with Crippen molar-refractivity contribution in [3.63, 3.8) is 0 Å². The summed E-state index contributed by atoms with van der Waals surface area (Å²) >= 11 is 0. The van der Waals surface area contributed by atoms with Gasteiger partial charge in [-0.15, -0.1) is 0 Å². The molecule has 3 rings (SSSR count). The molecule has 1 heterocycles. The van der Waals surface area contributed by atoms with Gasteiger partial charge in [-0.3, -0.25) is 0 Å². The summed E-state index contributed by atoms with van der Waals surface area (Å²) in [5.41, 5.74) is 5.71. The molecule has 0 saturated heterocycles. The van der Waals surface area contributed by atoms with Crippen molar-refractivity contribution in [1.29, 1.82) is 0 Å². The molecule has 3 aromatic rings. The van der Waals surface area contributed by atoms with Gasteiger partial charge >= 0.3 is 5.97 Å². The molecule has 3 nitrogen and oxygen atoms in total. The summed E-state index contributed by atoms with van der Waals surface area (Å²) in [4.78, 5) is 14.9.